The van der Waals surface area contributed by atoms with Crippen LogP contribution in [0.5, 0.6) is 5.75 Å². The van der Waals surface area contributed by atoms with E-state index in [0.29, 0.717) is 11.3 Å². The van der Waals surface area contributed by atoms with Crippen molar-refractivity contribution < 1.29 is 15.0 Å². The Kier molecular flexibility index (Phi) is 5.43. The van der Waals surface area contributed by atoms with Crippen molar-refractivity contribution in [1.82, 2.24) is 0 Å². The summed E-state index contributed by atoms with van der Waals surface area (Å²) in [6.45, 7) is 0. The molecule has 2 fully saturated rings. The number of hydrogen-bond donors (Lipinski definition) is 2. The minimum Gasteiger partial charge on any atom is -0.508 e. The van der Waals surface area contributed by atoms with Crippen molar-refractivity contribution in [2.24, 2.45) is 17.8 Å². The normalized spacial score (nSPS) is 23.0. The molecule has 3 heteroatoms. The third-order valence-electron chi connectivity index (χ3n) is 7.55. The molecule has 2 aliphatic rings. The number of fused-ring (bicyclic) bond motifs is 3. The van der Waals surface area contributed by atoms with Crippen LogP contribution in [0.15, 0.2) is 54.6 Å². The maximum atomic E-state index is 11.1. The van der Waals surface area contributed by atoms with Crippen LogP contribution >= 0.6 is 0 Å². The SMILES string of the molecule is O=C(O)c1ccc(-c2ccc3cc(O)c(CCC4CC5CCCC(C5)C4)cc3c2)cc1. The molecule has 0 radical (unpaired) electrons. The van der Waals surface area contributed by atoms with E-state index < -0.39 is 5.97 Å². The van der Waals surface area contributed by atoms with E-state index in [9.17, 15) is 9.90 Å². The molecule has 2 unspecified atom stereocenters. The largest absolute Gasteiger partial charge is 0.508 e. The molecule has 3 aromatic rings. The van der Waals surface area contributed by atoms with Crippen molar-refractivity contribution in [3.8, 4) is 16.9 Å². The van der Waals surface area contributed by atoms with E-state index in [-0.39, 0.29) is 0 Å². The lowest BCUT2D eigenvalue weighted by Crippen LogP contribution is -2.27. The molecule has 3 aromatic carbocycles. The molecule has 2 N–H and O–H groups in total. The summed E-state index contributed by atoms with van der Waals surface area (Å²) in [5.74, 6) is 2.18. The average molecular weight is 415 g/mol. The molecule has 3 nitrogen and oxygen atoms in total. The van der Waals surface area contributed by atoms with Gasteiger partial charge in [-0.05, 0) is 108 Å². The van der Waals surface area contributed by atoms with Crippen LogP contribution in [0.25, 0.3) is 21.9 Å². The fourth-order valence-corrected chi connectivity index (χ4v) is 5.98. The fraction of sp³-hybridized carbons (Fsp3) is 0.393. The number of carbonyl (C=O) groups is 1. The van der Waals surface area contributed by atoms with Crippen molar-refractivity contribution >= 4 is 16.7 Å². The first-order chi connectivity index (χ1) is 15.0. The van der Waals surface area contributed by atoms with Gasteiger partial charge in [0.05, 0.1) is 5.56 Å². The Bertz CT molecular complexity index is 1090. The second-order valence-corrected chi connectivity index (χ2v) is 9.70. The minimum absolute atomic E-state index is 0.295. The quantitative estimate of drug-likeness (QED) is 0.470. The number of phenolic OH excluding ortho intramolecular Hbond substituents is 1. The highest BCUT2D eigenvalue weighted by Gasteiger charge is 2.31. The standard InChI is InChI=1S/C28H30O3/c29-27-17-24-11-10-23(21-6-8-22(9-7-21)28(30)31)15-26(24)16-25(27)5-4-20-13-18-2-1-3-19(12-18)14-20/h6-11,15-20,29H,1-5,12-14H2,(H,30,31). The van der Waals surface area contributed by atoms with Crippen molar-refractivity contribution in [1.29, 1.82) is 0 Å². The highest BCUT2D eigenvalue weighted by Crippen LogP contribution is 2.44. The van der Waals surface area contributed by atoms with Crippen LogP contribution in [0.1, 0.15) is 60.9 Å². The topological polar surface area (TPSA) is 57.5 Å². The smallest absolute Gasteiger partial charge is 0.335 e. The summed E-state index contributed by atoms with van der Waals surface area (Å²) >= 11 is 0. The zero-order valence-electron chi connectivity index (χ0n) is 17.9. The number of carboxylic acids is 1. The van der Waals surface area contributed by atoms with E-state index in [0.717, 1.165) is 51.6 Å². The summed E-state index contributed by atoms with van der Waals surface area (Å²) in [5.41, 5.74) is 3.39. The van der Waals surface area contributed by atoms with E-state index in [4.69, 9.17) is 5.11 Å². The molecule has 0 aromatic heterocycles. The van der Waals surface area contributed by atoms with E-state index in [2.05, 4.69) is 12.1 Å². The van der Waals surface area contributed by atoms with Crippen molar-refractivity contribution in [2.75, 3.05) is 0 Å². The van der Waals surface area contributed by atoms with E-state index in [1.807, 2.05) is 30.3 Å². The third-order valence-corrected chi connectivity index (χ3v) is 7.55. The molecule has 0 spiro atoms. The number of phenols is 1. The van der Waals surface area contributed by atoms with Crippen LogP contribution in [0.2, 0.25) is 0 Å². The van der Waals surface area contributed by atoms with Gasteiger partial charge in [0.2, 0.25) is 0 Å². The number of rotatable bonds is 5. The van der Waals surface area contributed by atoms with Crippen LogP contribution < -0.4 is 0 Å². The number of carboxylic acid groups (broad SMARTS) is 1. The monoisotopic (exact) mass is 414 g/mol. The van der Waals surface area contributed by atoms with Crippen molar-refractivity contribution in [3.05, 3.63) is 65.7 Å². The zero-order chi connectivity index (χ0) is 21.4. The zero-order valence-corrected chi connectivity index (χ0v) is 17.9. The lowest BCUT2D eigenvalue weighted by molar-refractivity contribution is 0.0697. The fourth-order valence-electron chi connectivity index (χ4n) is 5.98. The Balaban J connectivity index is 1.35. The molecular formula is C28H30O3. The van der Waals surface area contributed by atoms with Gasteiger partial charge in [-0.25, -0.2) is 4.79 Å². The Hall–Kier alpha value is -2.81. The first-order valence-electron chi connectivity index (χ1n) is 11.6. The molecule has 0 aliphatic heterocycles. The highest BCUT2D eigenvalue weighted by molar-refractivity contribution is 5.91. The van der Waals surface area contributed by atoms with Gasteiger partial charge in [0.1, 0.15) is 5.75 Å². The first-order valence-corrected chi connectivity index (χ1v) is 11.6. The Morgan fingerprint density at radius 3 is 2.26 bits per heavy atom. The maximum absolute atomic E-state index is 11.1. The molecule has 2 saturated carbocycles. The number of aromatic carboxylic acids is 1. The summed E-state index contributed by atoms with van der Waals surface area (Å²) in [6, 6.07) is 17.2. The summed E-state index contributed by atoms with van der Waals surface area (Å²) in [5, 5.41) is 21.9. The van der Waals surface area contributed by atoms with Gasteiger partial charge in [0, 0.05) is 0 Å². The summed E-state index contributed by atoms with van der Waals surface area (Å²) in [4.78, 5) is 11.1. The summed E-state index contributed by atoms with van der Waals surface area (Å²) in [6.07, 6.45) is 10.6. The van der Waals surface area contributed by atoms with Crippen molar-refractivity contribution in [3.63, 3.8) is 0 Å². The van der Waals surface area contributed by atoms with Gasteiger partial charge in [0.25, 0.3) is 0 Å². The van der Waals surface area contributed by atoms with Gasteiger partial charge < -0.3 is 10.2 Å². The second-order valence-electron chi connectivity index (χ2n) is 9.70. The second kappa shape index (κ2) is 8.37. The molecule has 2 aliphatic carbocycles. The maximum Gasteiger partial charge on any atom is 0.335 e. The lowest BCUT2D eigenvalue weighted by Gasteiger charge is -2.39. The molecule has 160 valence electrons. The molecule has 0 heterocycles. The first kappa shape index (κ1) is 20.1. The van der Waals surface area contributed by atoms with Gasteiger partial charge in [0.15, 0.2) is 0 Å². The molecule has 0 saturated heterocycles. The van der Waals surface area contributed by atoms with Crippen LogP contribution in [-0.2, 0) is 6.42 Å². The number of hydrogen-bond acceptors (Lipinski definition) is 2. The third kappa shape index (κ3) is 4.32. The van der Waals surface area contributed by atoms with E-state index in [1.165, 1.54) is 44.9 Å². The molecule has 0 amide bonds. The summed E-state index contributed by atoms with van der Waals surface area (Å²) in [7, 11) is 0. The summed E-state index contributed by atoms with van der Waals surface area (Å²) < 4.78 is 0. The van der Waals surface area contributed by atoms with Gasteiger partial charge in [-0.15, -0.1) is 0 Å². The molecule has 2 atom stereocenters. The van der Waals surface area contributed by atoms with Crippen LogP contribution in [0, 0.1) is 17.8 Å². The van der Waals surface area contributed by atoms with E-state index in [1.54, 1.807) is 12.1 Å². The van der Waals surface area contributed by atoms with Gasteiger partial charge >= 0.3 is 5.97 Å². The predicted octanol–water partition coefficient (Wildman–Crippen LogP) is 7.06. The number of aryl methyl sites for hydroxylation is 1. The van der Waals surface area contributed by atoms with Crippen LogP contribution in [0.3, 0.4) is 0 Å². The van der Waals surface area contributed by atoms with E-state index >= 15 is 0 Å². The molecule has 31 heavy (non-hydrogen) atoms. The Morgan fingerprint density at radius 2 is 1.55 bits per heavy atom. The lowest BCUT2D eigenvalue weighted by atomic mass is 9.67. The van der Waals surface area contributed by atoms with Crippen LogP contribution in [-0.4, -0.2) is 16.2 Å². The van der Waals surface area contributed by atoms with Gasteiger partial charge in [-0.1, -0.05) is 43.5 Å². The predicted molar refractivity (Wildman–Crippen MR) is 125 cm³/mol. The average Bonchev–Trinajstić information content (AvgIpc) is 2.77. The molecule has 5 rings (SSSR count). The molecule has 2 bridgehead atoms. The Morgan fingerprint density at radius 1 is 0.839 bits per heavy atom. The molecular weight excluding hydrogens is 384 g/mol. The van der Waals surface area contributed by atoms with Gasteiger partial charge in [-0.3, -0.25) is 0 Å². The highest BCUT2D eigenvalue weighted by atomic mass is 16.4. The Labute approximate surface area is 183 Å². The minimum atomic E-state index is -0.910. The number of benzene rings is 3. The number of aromatic hydroxyl groups is 1. The van der Waals surface area contributed by atoms with Crippen molar-refractivity contribution in [2.45, 2.75) is 51.4 Å². The van der Waals surface area contributed by atoms with Gasteiger partial charge in [-0.2, -0.15) is 0 Å². The van der Waals surface area contributed by atoms with Crippen LogP contribution in [0.4, 0.5) is 0 Å².